The Balaban J connectivity index is 2.33. The Morgan fingerprint density at radius 3 is 2.33 bits per heavy atom. The lowest BCUT2D eigenvalue weighted by atomic mass is 9.81. The number of aliphatic hydroxyl groups excluding tert-OH is 1. The molecule has 0 heterocycles. The van der Waals surface area contributed by atoms with Crippen molar-refractivity contribution in [1.29, 1.82) is 0 Å². The molecule has 0 bridgehead atoms. The van der Waals surface area contributed by atoms with Gasteiger partial charge < -0.3 is 5.11 Å². The summed E-state index contributed by atoms with van der Waals surface area (Å²) in [6.45, 7) is 6.17. The van der Waals surface area contributed by atoms with E-state index in [0.717, 1.165) is 17.2 Å². The van der Waals surface area contributed by atoms with Crippen LogP contribution in [-0.2, 0) is 11.8 Å². The Morgan fingerprint density at radius 2 is 1.67 bits per heavy atom. The molecule has 0 saturated carbocycles. The largest absolute Gasteiger partial charge is 0.388 e. The molecule has 1 unspecified atom stereocenters. The van der Waals surface area contributed by atoms with Crippen LogP contribution in [0.15, 0.2) is 42.5 Å². The minimum absolute atomic E-state index is 0.0523. The maximum absolute atomic E-state index is 13.7. The van der Waals surface area contributed by atoms with E-state index in [0.29, 0.717) is 0 Å². The Bertz CT molecular complexity index is 629. The number of hydrogen-bond acceptors (Lipinski definition) is 1. The normalized spacial score (nSPS) is 13.2. The van der Waals surface area contributed by atoms with Crippen molar-refractivity contribution >= 4 is 0 Å². The molecule has 0 aliphatic carbocycles. The van der Waals surface area contributed by atoms with Crippen LogP contribution in [0.25, 0.3) is 0 Å². The molecule has 1 nitrogen and oxygen atoms in total. The first-order chi connectivity index (χ1) is 9.80. The SMILES string of the molecule is CC(C)(C)c1ccccc1C(O)Cc1cccc(F)c1F. The summed E-state index contributed by atoms with van der Waals surface area (Å²) in [6, 6.07) is 11.6. The van der Waals surface area contributed by atoms with Gasteiger partial charge >= 0.3 is 0 Å². The Hall–Kier alpha value is -1.74. The topological polar surface area (TPSA) is 20.2 Å². The predicted octanol–water partition coefficient (Wildman–Crippen LogP) is 4.54. The number of benzene rings is 2. The molecule has 21 heavy (non-hydrogen) atoms. The lowest BCUT2D eigenvalue weighted by molar-refractivity contribution is 0.174. The second-order valence-electron chi connectivity index (χ2n) is 6.27. The third-order valence-corrected chi connectivity index (χ3v) is 3.57. The summed E-state index contributed by atoms with van der Waals surface area (Å²) < 4.78 is 27.0. The van der Waals surface area contributed by atoms with Crippen molar-refractivity contribution in [2.75, 3.05) is 0 Å². The number of halogens is 2. The van der Waals surface area contributed by atoms with E-state index in [1.54, 1.807) is 0 Å². The van der Waals surface area contributed by atoms with E-state index in [4.69, 9.17) is 0 Å². The van der Waals surface area contributed by atoms with Gasteiger partial charge in [0.1, 0.15) is 0 Å². The lowest BCUT2D eigenvalue weighted by Crippen LogP contribution is -2.17. The Kier molecular flexibility index (Phi) is 4.43. The van der Waals surface area contributed by atoms with E-state index in [1.165, 1.54) is 12.1 Å². The number of hydrogen-bond donors (Lipinski definition) is 1. The van der Waals surface area contributed by atoms with Crippen molar-refractivity contribution in [3.8, 4) is 0 Å². The van der Waals surface area contributed by atoms with Crippen LogP contribution in [0.5, 0.6) is 0 Å². The number of aliphatic hydroxyl groups is 1. The van der Waals surface area contributed by atoms with E-state index in [1.807, 2.05) is 24.3 Å². The third kappa shape index (κ3) is 3.48. The summed E-state index contributed by atoms with van der Waals surface area (Å²) in [4.78, 5) is 0. The van der Waals surface area contributed by atoms with E-state index in [9.17, 15) is 13.9 Å². The van der Waals surface area contributed by atoms with Gasteiger partial charge in [0.15, 0.2) is 11.6 Å². The van der Waals surface area contributed by atoms with Crippen LogP contribution in [0.2, 0.25) is 0 Å². The minimum Gasteiger partial charge on any atom is -0.388 e. The van der Waals surface area contributed by atoms with Crippen molar-refractivity contribution in [3.63, 3.8) is 0 Å². The molecule has 2 aromatic rings. The maximum atomic E-state index is 13.7. The van der Waals surface area contributed by atoms with Crippen LogP contribution in [0.1, 0.15) is 43.6 Å². The zero-order valence-electron chi connectivity index (χ0n) is 12.5. The average molecular weight is 290 g/mol. The van der Waals surface area contributed by atoms with Crippen molar-refractivity contribution in [2.24, 2.45) is 0 Å². The minimum atomic E-state index is -0.885. The Morgan fingerprint density at radius 1 is 1.00 bits per heavy atom. The van der Waals surface area contributed by atoms with Crippen molar-refractivity contribution in [1.82, 2.24) is 0 Å². The molecule has 0 spiro atoms. The van der Waals surface area contributed by atoms with Crippen molar-refractivity contribution < 1.29 is 13.9 Å². The van der Waals surface area contributed by atoms with Crippen LogP contribution >= 0.6 is 0 Å². The zero-order chi connectivity index (χ0) is 15.6. The maximum Gasteiger partial charge on any atom is 0.162 e. The molecule has 3 heteroatoms. The van der Waals surface area contributed by atoms with Crippen LogP contribution in [0.4, 0.5) is 8.78 Å². The highest BCUT2D eigenvalue weighted by Gasteiger charge is 2.22. The molecular weight excluding hydrogens is 270 g/mol. The highest BCUT2D eigenvalue weighted by atomic mass is 19.2. The van der Waals surface area contributed by atoms with Gasteiger partial charge in [-0.1, -0.05) is 57.2 Å². The van der Waals surface area contributed by atoms with Gasteiger partial charge in [0.05, 0.1) is 6.10 Å². The van der Waals surface area contributed by atoms with E-state index in [-0.39, 0.29) is 17.4 Å². The fourth-order valence-corrected chi connectivity index (χ4v) is 2.49. The van der Waals surface area contributed by atoms with E-state index >= 15 is 0 Å². The molecule has 0 fully saturated rings. The molecule has 0 amide bonds. The zero-order valence-corrected chi connectivity index (χ0v) is 12.5. The van der Waals surface area contributed by atoms with Crippen molar-refractivity contribution in [3.05, 3.63) is 70.8 Å². The van der Waals surface area contributed by atoms with Gasteiger partial charge in [-0.3, -0.25) is 0 Å². The summed E-state index contributed by atoms with van der Waals surface area (Å²) in [5, 5.41) is 10.4. The molecule has 0 saturated heterocycles. The van der Waals surface area contributed by atoms with Crippen LogP contribution in [-0.4, -0.2) is 5.11 Å². The fraction of sp³-hybridized carbons (Fsp3) is 0.333. The molecule has 112 valence electrons. The van der Waals surface area contributed by atoms with Crippen molar-refractivity contribution in [2.45, 2.75) is 38.7 Å². The smallest absolute Gasteiger partial charge is 0.162 e. The molecule has 0 aliphatic heterocycles. The van der Waals surface area contributed by atoms with E-state index < -0.39 is 17.7 Å². The molecule has 2 aromatic carbocycles. The Labute approximate surface area is 124 Å². The molecule has 1 atom stereocenters. The molecule has 0 aliphatic rings. The first kappa shape index (κ1) is 15.6. The highest BCUT2D eigenvalue weighted by Crippen LogP contribution is 2.31. The van der Waals surface area contributed by atoms with Crippen LogP contribution in [0, 0.1) is 11.6 Å². The molecule has 0 radical (unpaired) electrons. The average Bonchev–Trinajstić information content (AvgIpc) is 2.43. The highest BCUT2D eigenvalue weighted by molar-refractivity contribution is 5.35. The fourth-order valence-electron chi connectivity index (χ4n) is 2.49. The van der Waals surface area contributed by atoms with Gasteiger partial charge in [0.25, 0.3) is 0 Å². The third-order valence-electron chi connectivity index (χ3n) is 3.57. The summed E-state index contributed by atoms with van der Waals surface area (Å²) in [7, 11) is 0. The van der Waals surface area contributed by atoms with Gasteiger partial charge in [0.2, 0.25) is 0 Å². The second kappa shape index (κ2) is 5.94. The molecule has 0 aromatic heterocycles. The van der Waals surface area contributed by atoms with Crippen LogP contribution < -0.4 is 0 Å². The first-order valence-corrected chi connectivity index (χ1v) is 7.01. The summed E-state index contributed by atoms with van der Waals surface area (Å²) in [5.41, 5.74) is 1.83. The summed E-state index contributed by atoms with van der Waals surface area (Å²) in [5.74, 6) is -1.77. The molecular formula is C18H20F2O. The van der Waals surface area contributed by atoms with Gasteiger partial charge in [-0.05, 0) is 28.2 Å². The van der Waals surface area contributed by atoms with Gasteiger partial charge in [-0.25, -0.2) is 8.78 Å². The number of rotatable bonds is 3. The van der Waals surface area contributed by atoms with Gasteiger partial charge in [0, 0.05) is 6.42 Å². The summed E-state index contributed by atoms with van der Waals surface area (Å²) in [6.07, 6.45) is -0.812. The monoisotopic (exact) mass is 290 g/mol. The summed E-state index contributed by atoms with van der Waals surface area (Å²) >= 11 is 0. The second-order valence-corrected chi connectivity index (χ2v) is 6.27. The molecule has 2 rings (SSSR count). The lowest BCUT2D eigenvalue weighted by Gasteiger charge is -2.25. The standard InChI is InChI=1S/C18H20F2O/c1-18(2,3)14-9-5-4-8-13(14)16(21)11-12-7-6-10-15(19)17(12)20/h4-10,16,21H,11H2,1-3H3. The van der Waals surface area contributed by atoms with Gasteiger partial charge in [-0.2, -0.15) is 0 Å². The van der Waals surface area contributed by atoms with Crippen LogP contribution in [0.3, 0.4) is 0 Å². The molecule has 1 N–H and O–H groups in total. The quantitative estimate of drug-likeness (QED) is 0.880. The predicted molar refractivity (Wildman–Crippen MR) is 80.2 cm³/mol. The van der Waals surface area contributed by atoms with E-state index in [2.05, 4.69) is 20.8 Å². The first-order valence-electron chi connectivity index (χ1n) is 7.01. The van der Waals surface area contributed by atoms with Gasteiger partial charge in [-0.15, -0.1) is 0 Å².